The van der Waals surface area contributed by atoms with Gasteiger partial charge in [0.25, 0.3) is 0 Å². The molecule has 0 fully saturated rings. The lowest BCUT2D eigenvalue weighted by molar-refractivity contribution is 0.597. The Balaban J connectivity index is 0.000000149. The van der Waals surface area contributed by atoms with E-state index in [-0.39, 0.29) is 0 Å². The van der Waals surface area contributed by atoms with Gasteiger partial charge in [-0.2, -0.15) is 0 Å². The fourth-order valence-corrected chi connectivity index (χ4v) is 4.75. The molecule has 7 heteroatoms. The lowest BCUT2D eigenvalue weighted by Gasteiger charge is -1.96. The van der Waals surface area contributed by atoms with E-state index in [4.69, 9.17) is 5.73 Å². The standard InChI is InChI=1S/C9H9N2OPS.C7H5NS/c10-9-11-8(6-14-9)13(12)7-4-2-1-3-5-7;1-2-4-7-6(3-1)8-5-9-7/h1-6,13H,(H2,10,11);1-5H. The highest BCUT2D eigenvalue weighted by atomic mass is 32.1. The van der Waals surface area contributed by atoms with Gasteiger partial charge in [-0.3, -0.25) is 0 Å². The minimum absolute atomic E-state index is 0.467. The number of nitrogen functional groups attached to an aromatic ring is 1. The third kappa shape index (κ3) is 4.05. The lowest BCUT2D eigenvalue weighted by Crippen LogP contribution is -2.06. The molecule has 1 unspecified atom stereocenters. The molecule has 0 spiro atoms. The van der Waals surface area contributed by atoms with Gasteiger partial charge in [-0.1, -0.05) is 42.5 Å². The van der Waals surface area contributed by atoms with Crippen LogP contribution in [0, 0.1) is 0 Å². The van der Waals surface area contributed by atoms with E-state index in [2.05, 4.69) is 16.0 Å². The SMILES string of the molecule is Nc1nc([PH](=O)c2ccccc2)cs1.c1ccc2scnc2c1. The third-order valence-corrected chi connectivity index (χ3v) is 6.30. The van der Waals surface area contributed by atoms with Crippen molar-refractivity contribution in [3.05, 3.63) is 65.5 Å². The van der Waals surface area contributed by atoms with Crippen LogP contribution in [0.15, 0.2) is 65.5 Å². The second-order valence-corrected chi connectivity index (χ2v) is 8.11. The van der Waals surface area contributed by atoms with Crippen LogP contribution in [0.25, 0.3) is 10.2 Å². The van der Waals surface area contributed by atoms with Crippen LogP contribution in [0.2, 0.25) is 0 Å². The summed E-state index contributed by atoms with van der Waals surface area (Å²) < 4.78 is 13.2. The minimum atomic E-state index is -1.95. The summed E-state index contributed by atoms with van der Waals surface area (Å²) in [6, 6.07) is 17.4. The zero-order chi connectivity index (χ0) is 16.1. The molecule has 2 aromatic heterocycles. The molecular weight excluding hydrogens is 345 g/mol. The van der Waals surface area contributed by atoms with Crippen LogP contribution >= 0.6 is 30.5 Å². The van der Waals surface area contributed by atoms with Gasteiger partial charge in [0, 0.05) is 10.7 Å². The van der Waals surface area contributed by atoms with Crippen LogP contribution in [0.3, 0.4) is 0 Å². The Morgan fingerprint density at radius 1 is 0.957 bits per heavy atom. The molecular formula is C16H14N3OPS2. The first-order valence-electron chi connectivity index (χ1n) is 6.83. The summed E-state index contributed by atoms with van der Waals surface area (Å²) >= 11 is 3.00. The second-order valence-electron chi connectivity index (χ2n) is 4.59. The summed E-state index contributed by atoms with van der Waals surface area (Å²) in [5, 5.41) is 3.04. The Bertz CT molecular complexity index is 891. The summed E-state index contributed by atoms with van der Waals surface area (Å²) in [5.74, 6) is 0. The van der Waals surface area contributed by atoms with E-state index in [1.54, 1.807) is 16.7 Å². The van der Waals surface area contributed by atoms with Crippen molar-refractivity contribution < 1.29 is 4.57 Å². The van der Waals surface area contributed by atoms with E-state index in [0.717, 1.165) is 10.8 Å². The molecule has 116 valence electrons. The predicted octanol–water partition coefficient (Wildman–Crippen LogP) is 3.53. The normalized spacial score (nSPS) is 11.7. The highest BCUT2D eigenvalue weighted by Gasteiger charge is 2.09. The third-order valence-electron chi connectivity index (χ3n) is 3.03. The summed E-state index contributed by atoms with van der Waals surface area (Å²) in [7, 11) is -1.95. The van der Waals surface area contributed by atoms with E-state index in [1.807, 2.05) is 54.0 Å². The van der Waals surface area contributed by atoms with Crippen molar-refractivity contribution in [3.8, 4) is 0 Å². The maximum Gasteiger partial charge on any atom is 0.180 e. The van der Waals surface area contributed by atoms with Crippen molar-refractivity contribution in [2.45, 2.75) is 0 Å². The van der Waals surface area contributed by atoms with Crippen LogP contribution in [-0.2, 0) is 4.57 Å². The van der Waals surface area contributed by atoms with E-state index >= 15 is 0 Å². The number of nitrogens with zero attached hydrogens (tertiary/aromatic N) is 2. The maximum atomic E-state index is 11.9. The Morgan fingerprint density at radius 2 is 1.70 bits per heavy atom. The van der Waals surface area contributed by atoms with Gasteiger partial charge in [-0.25, -0.2) is 9.97 Å². The Hall–Kier alpha value is -2.01. The number of anilines is 1. The Labute approximate surface area is 142 Å². The van der Waals surface area contributed by atoms with Crippen LogP contribution in [0.4, 0.5) is 5.13 Å². The minimum Gasteiger partial charge on any atom is -0.375 e. The number of fused-ring (bicyclic) bond motifs is 1. The second kappa shape index (κ2) is 7.51. The molecule has 4 aromatic rings. The van der Waals surface area contributed by atoms with Gasteiger partial charge in [0.2, 0.25) is 0 Å². The summed E-state index contributed by atoms with van der Waals surface area (Å²) in [4.78, 5) is 8.15. The van der Waals surface area contributed by atoms with Crippen molar-refractivity contribution in [1.82, 2.24) is 9.97 Å². The number of para-hydroxylation sites is 1. The fourth-order valence-electron chi connectivity index (χ4n) is 1.93. The van der Waals surface area contributed by atoms with Gasteiger partial charge in [-0.15, -0.1) is 22.7 Å². The smallest absolute Gasteiger partial charge is 0.180 e. The van der Waals surface area contributed by atoms with Crippen LogP contribution < -0.4 is 16.5 Å². The molecule has 2 heterocycles. The van der Waals surface area contributed by atoms with E-state index in [0.29, 0.717) is 10.6 Å². The molecule has 2 N–H and O–H groups in total. The average Bonchev–Trinajstić information content (AvgIpc) is 3.24. The highest BCUT2D eigenvalue weighted by molar-refractivity contribution is 7.61. The zero-order valence-electron chi connectivity index (χ0n) is 12.0. The summed E-state index contributed by atoms with van der Waals surface area (Å²) in [5.41, 5.74) is 9.05. The lowest BCUT2D eigenvalue weighted by atomic mass is 10.3. The molecule has 0 aliphatic carbocycles. The van der Waals surface area contributed by atoms with Crippen LogP contribution in [0.5, 0.6) is 0 Å². The number of aromatic nitrogens is 2. The van der Waals surface area contributed by atoms with Crippen molar-refractivity contribution in [3.63, 3.8) is 0 Å². The molecule has 0 amide bonds. The van der Waals surface area contributed by atoms with E-state index in [1.165, 1.54) is 16.0 Å². The van der Waals surface area contributed by atoms with Gasteiger partial charge in [-0.05, 0) is 12.1 Å². The van der Waals surface area contributed by atoms with Gasteiger partial charge in [0.1, 0.15) is 13.2 Å². The van der Waals surface area contributed by atoms with Gasteiger partial charge in [0.15, 0.2) is 5.13 Å². The molecule has 1 atom stereocenters. The fraction of sp³-hybridized carbons (Fsp3) is 0. The summed E-state index contributed by atoms with van der Waals surface area (Å²) in [6.07, 6.45) is 0. The number of hydrogen-bond acceptors (Lipinski definition) is 6. The molecule has 4 rings (SSSR count). The molecule has 0 saturated carbocycles. The van der Waals surface area contributed by atoms with E-state index in [9.17, 15) is 4.57 Å². The number of nitrogens with two attached hydrogens (primary N) is 1. The molecule has 0 saturated heterocycles. The van der Waals surface area contributed by atoms with Crippen molar-refractivity contribution >= 4 is 56.6 Å². The number of benzene rings is 2. The zero-order valence-corrected chi connectivity index (χ0v) is 14.7. The molecule has 2 aromatic carbocycles. The Morgan fingerprint density at radius 3 is 2.39 bits per heavy atom. The van der Waals surface area contributed by atoms with Gasteiger partial charge < -0.3 is 10.3 Å². The van der Waals surface area contributed by atoms with Crippen molar-refractivity contribution in [2.24, 2.45) is 0 Å². The van der Waals surface area contributed by atoms with Crippen molar-refractivity contribution in [1.29, 1.82) is 0 Å². The maximum absolute atomic E-state index is 11.9. The van der Waals surface area contributed by atoms with Gasteiger partial charge >= 0.3 is 0 Å². The molecule has 4 nitrogen and oxygen atoms in total. The largest absolute Gasteiger partial charge is 0.375 e. The molecule has 0 aliphatic heterocycles. The molecule has 23 heavy (non-hydrogen) atoms. The van der Waals surface area contributed by atoms with Crippen molar-refractivity contribution in [2.75, 3.05) is 5.73 Å². The van der Waals surface area contributed by atoms with Crippen LogP contribution in [-0.4, -0.2) is 9.97 Å². The number of hydrogen-bond donors (Lipinski definition) is 1. The summed E-state index contributed by atoms with van der Waals surface area (Å²) in [6.45, 7) is 0. The molecule has 0 bridgehead atoms. The Kier molecular flexibility index (Phi) is 5.18. The van der Waals surface area contributed by atoms with E-state index < -0.39 is 7.80 Å². The first-order valence-corrected chi connectivity index (χ1v) is 10.00. The highest BCUT2D eigenvalue weighted by Crippen LogP contribution is 2.21. The first-order chi connectivity index (χ1) is 11.2. The monoisotopic (exact) mass is 359 g/mol. The molecule has 0 aliphatic rings. The van der Waals surface area contributed by atoms with Crippen LogP contribution in [0.1, 0.15) is 0 Å². The first kappa shape index (κ1) is 15.9. The van der Waals surface area contributed by atoms with Gasteiger partial charge in [0.05, 0.1) is 15.7 Å². The number of rotatable bonds is 2. The molecule has 0 radical (unpaired) electrons. The number of thiazole rings is 2. The topological polar surface area (TPSA) is 68.9 Å². The quantitative estimate of drug-likeness (QED) is 0.556. The average molecular weight is 359 g/mol. The predicted molar refractivity (Wildman–Crippen MR) is 101 cm³/mol.